The highest BCUT2D eigenvalue weighted by Crippen LogP contribution is 2.30. The number of allylic oxidation sites excluding steroid dienone is 3. The molecule has 1 nitrogen and oxygen atoms in total. The Morgan fingerprint density at radius 3 is 2.71 bits per heavy atom. The molecule has 0 radical (unpaired) electrons. The van der Waals surface area contributed by atoms with E-state index in [1.807, 2.05) is 0 Å². The molecule has 1 aliphatic carbocycles. The number of hydrogen-bond donors (Lipinski definition) is 0. The standard InChI is InChI=1S/C12H17IN/c1-4-10-14(2,3)11-12(13)8-6-5-7-9-12/h1,5-8H,9-11H2,2-3H3/q+1. The summed E-state index contributed by atoms with van der Waals surface area (Å²) in [6.45, 7) is 1.88. The van der Waals surface area contributed by atoms with Crippen LogP contribution in [0.25, 0.3) is 0 Å². The van der Waals surface area contributed by atoms with Gasteiger partial charge in [0.2, 0.25) is 0 Å². The van der Waals surface area contributed by atoms with Gasteiger partial charge in [-0.05, 0) is 12.3 Å². The van der Waals surface area contributed by atoms with Gasteiger partial charge in [-0.2, -0.15) is 0 Å². The summed E-state index contributed by atoms with van der Waals surface area (Å²) < 4.78 is 1.13. The van der Waals surface area contributed by atoms with Gasteiger partial charge < -0.3 is 4.48 Å². The third-order valence-corrected chi connectivity index (χ3v) is 3.45. The maximum Gasteiger partial charge on any atom is 0.140 e. The summed E-state index contributed by atoms with van der Waals surface area (Å²) in [7, 11) is 4.37. The number of hydrogen-bond acceptors (Lipinski definition) is 0. The molecule has 0 saturated carbocycles. The molecule has 1 unspecified atom stereocenters. The molecule has 0 aromatic carbocycles. The van der Waals surface area contributed by atoms with E-state index in [-0.39, 0.29) is 3.42 Å². The molecule has 0 fully saturated rings. The molecule has 0 saturated heterocycles. The van der Waals surface area contributed by atoms with Gasteiger partial charge in [-0.15, -0.1) is 6.42 Å². The number of nitrogens with zero attached hydrogens (tertiary/aromatic N) is 1. The fourth-order valence-corrected chi connectivity index (χ4v) is 3.16. The maximum absolute atomic E-state index is 5.36. The topological polar surface area (TPSA) is 0 Å². The average Bonchev–Trinajstić information content (AvgIpc) is 2.02. The summed E-state index contributed by atoms with van der Waals surface area (Å²) in [4.78, 5) is 0. The second-order valence-corrected chi connectivity index (χ2v) is 6.63. The zero-order chi connectivity index (χ0) is 10.7. The maximum atomic E-state index is 5.36. The predicted molar refractivity (Wildman–Crippen MR) is 70.3 cm³/mol. The number of quaternary nitrogens is 1. The summed E-state index contributed by atoms with van der Waals surface area (Å²) in [5.74, 6) is 2.74. The van der Waals surface area contributed by atoms with Crippen LogP contribution in [0.5, 0.6) is 0 Å². The van der Waals surface area contributed by atoms with Crippen LogP contribution in [0.1, 0.15) is 6.42 Å². The minimum Gasteiger partial charge on any atom is -0.317 e. The van der Waals surface area contributed by atoms with Crippen LogP contribution in [-0.2, 0) is 0 Å². The molecule has 0 aliphatic heterocycles. The fraction of sp³-hybridized carbons (Fsp3) is 0.500. The van der Waals surface area contributed by atoms with Crippen LogP contribution in [0.15, 0.2) is 24.3 Å². The smallest absolute Gasteiger partial charge is 0.140 e. The first kappa shape index (κ1) is 11.8. The molecule has 0 aromatic heterocycles. The number of terminal acetylenes is 1. The molecule has 2 heteroatoms. The minimum absolute atomic E-state index is 0.243. The first-order valence-corrected chi connectivity index (χ1v) is 5.84. The lowest BCUT2D eigenvalue weighted by Crippen LogP contribution is -2.48. The van der Waals surface area contributed by atoms with Crippen LogP contribution in [0, 0.1) is 12.3 Å². The van der Waals surface area contributed by atoms with Gasteiger partial charge in [0.25, 0.3) is 0 Å². The highest BCUT2D eigenvalue weighted by Gasteiger charge is 2.31. The third kappa shape index (κ3) is 3.47. The first-order chi connectivity index (χ1) is 6.47. The lowest BCUT2D eigenvalue weighted by atomic mass is 9.99. The van der Waals surface area contributed by atoms with Crippen molar-refractivity contribution in [2.24, 2.45) is 0 Å². The van der Waals surface area contributed by atoms with E-state index in [0.29, 0.717) is 0 Å². The zero-order valence-corrected chi connectivity index (χ0v) is 11.0. The highest BCUT2D eigenvalue weighted by molar-refractivity contribution is 14.1. The molecule has 14 heavy (non-hydrogen) atoms. The van der Waals surface area contributed by atoms with Crippen LogP contribution in [0.4, 0.5) is 0 Å². The molecule has 1 atom stereocenters. The van der Waals surface area contributed by atoms with Gasteiger partial charge in [-0.25, -0.2) is 0 Å². The predicted octanol–water partition coefficient (Wildman–Crippen LogP) is 2.39. The molecule has 1 aliphatic rings. The van der Waals surface area contributed by atoms with Gasteiger partial charge in [0.1, 0.15) is 6.54 Å². The van der Waals surface area contributed by atoms with E-state index in [1.165, 1.54) is 0 Å². The van der Waals surface area contributed by atoms with Gasteiger partial charge in [0.15, 0.2) is 0 Å². The Morgan fingerprint density at radius 2 is 2.21 bits per heavy atom. The second kappa shape index (κ2) is 4.50. The van der Waals surface area contributed by atoms with Crippen LogP contribution >= 0.6 is 22.6 Å². The molecule has 1 rings (SSSR count). The second-order valence-electron chi connectivity index (χ2n) is 4.48. The Balaban J connectivity index is 2.64. The first-order valence-electron chi connectivity index (χ1n) is 4.76. The van der Waals surface area contributed by atoms with Crippen LogP contribution < -0.4 is 0 Å². The van der Waals surface area contributed by atoms with Crippen molar-refractivity contribution in [3.8, 4) is 12.3 Å². The molecule has 0 aromatic rings. The quantitative estimate of drug-likeness (QED) is 0.325. The van der Waals surface area contributed by atoms with E-state index < -0.39 is 0 Å². The van der Waals surface area contributed by atoms with Gasteiger partial charge in [-0.1, -0.05) is 46.9 Å². The summed E-state index contributed by atoms with van der Waals surface area (Å²) >= 11 is 2.53. The molecular weight excluding hydrogens is 285 g/mol. The Kier molecular flexibility index (Phi) is 3.79. The molecule has 0 bridgehead atoms. The van der Waals surface area contributed by atoms with E-state index >= 15 is 0 Å². The summed E-state index contributed by atoms with van der Waals surface area (Å²) in [5, 5.41) is 0. The van der Waals surface area contributed by atoms with Crippen molar-refractivity contribution in [3.63, 3.8) is 0 Å². The van der Waals surface area contributed by atoms with Crippen LogP contribution in [0.3, 0.4) is 0 Å². The van der Waals surface area contributed by atoms with Gasteiger partial charge in [-0.3, -0.25) is 0 Å². The van der Waals surface area contributed by atoms with Crippen molar-refractivity contribution in [2.45, 2.75) is 9.84 Å². The van der Waals surface area contributed by atoms with E-state index in [0.717, 1.165) is 24.0 Å². The number of alkyl halides is 1. The molecule has 0 N–H and O–H groups in total. The lowest BCUT2D eigenvalue weighted by Gasteiger charge is -2.35. The van der Waals surface area contributed by atoms with Crippen LogP contribution in [-0.4, -0.2) is 35.1 Å². The van der Waals surface area contributed by atoms with Crippen LogP contribution in [0.2, 0.25) is 0 Å². The number of halogens is 1. The third-order valence-electron chi connectivity index (χ3n) is 2.31. The van der Waals surface area contributed by atoms with Gasteiger partial charge >= 0.3 is 0 Å². The normalized spacial score (nSPS) is 26.1. The average molecular weight is 302 g/mol. The Bertz CT molecular complexity index is 296. The molecule has 0 heterocycles. The van der Waals surface area contributed by atoms with Gasteiger partial charge in [0.05, 0.1) is 24.1 Å². The Labute approximate surface area is 101 Å². The van der Waals surface area contributed by atoms with E-state index in [4.69, 9.17) is 6.42 Å². The Morgan fingerprint density at radius 1 is 1.50 bits per heavy atom. The summed E-state index contributed by atoms with van der Waals surface area (Å²) in [6, 6.07) is 0. The van der Waals surface area contributed by atoms with Crippen molar-refractivity contribution >= 4 is 22.6 Å². The van der Waals surface area contributed by atoms with Crippen molar-refractivity contribution in [1.29, 1.82) is 0 Å². The SMILES string of the molecule is C#CC[N+](C)(C)CC1(I)C=CC=CC1. The van der Waals surface area contributed by atoms with E-state index in [1.54, 1.807) is 0 Å². The molecular formula is C12H17IN+. The number of rotatable bonds is 3. The fourth-order valence-electron chi connectivity index (χ4n) is 1.77. The van der Waals surface area contributed by atoms with Crippen molar-refractivity contribution in [2.75, 3.05) is 27.2 Å². The molecule has 76 valence electrons. The van der Waals surface area contributed by atoms with E-state index in [2.05, 4.69) is 66.9 Å². The lowest BCUT2D eigenvalue weighted by molar-refractivity contribution is -0.883. The molecule has 0 spiro atoms. The molecule has 0 amide bonds. The zero-order valence-electron chi connectivity index (χ0n) is 8.83. The largest absolute Gasteiger partial charge is 0.317 e. The highest BCUT2D eigenvalue weighted by atomic mass is 127. The summed E-state index contributed by atoms with van der Waals surface area (Å²) in [6.07, 6.45) is 15.2. The van der Waals surface area contributed by atoms with Crippen molar-refractivity contribution in [3.05, 3.63) is 24.3 Å². The van der Waals surface area contributed by atoms with E-state index in [9.17, 15) is 0 Å². The summed E-state index contributed by atoms with van der Waals surface area (Å²) in [5.41, 5.74) is 0. The minimum atomic E-state index is 0.243. The Hall–Kier alpha value is -0.270. The van der Waals surface area contributed by atoms with Gasteiger partial charge in [0, 0.05) is 0 Å². The monoisotopic (exact) mass is 302 g/mol. The van der Waals surface area contributed by atoms with Crippen molar-refractivity contribution in [1.82, 2.24) is 0 Å². The van der Waals surface area contributed by atoms with Crippen molar-refractivity contribution < 1.29 is 4.48 Å².